The molecule has 1 aromatic heterocycles. The summed E-state index contributed by atoms with van der Waals surface area (Å²) in [6.45, 7) is 4.40. The first-order valence-corrected chi connectivity index (χ1v) is 9.50. The van der Waals surface area contributed by atoms with Gasteiger partial charge in [0, 0.05) is 18.8 Å². The third-order valence-corrected chi connectivity index (χ3v) is 5.00. The quantitative estimate of drug-likeness (QED) is 0.789. The number of ether oxygens (including phenoxy) is 1. The van der Waals surface area contributed by atoms with E-state index >= 15 is 0 Å². The third kappa shape index (κ3) is 4.67. The molecule has 1 fully saturated rings. The zero-order chi connectivity index (χ0) is 19.9. The fraction of sp³-hybridized carbons (Fsp3) is 0.381. The van der Waals surface area contributed by atoms with E-state index < -0.39 is 12.1 Å². The summed E-state index contributed by atoms with van der Waals surface area (Å²) in [7, 11) is 0. The highest BCUT2D eigenvalue weighted by Crippen LogP contribution is 2.24. The average molecular weight is 383 g/mol. The fourth-order valence-electron chi connectivity index (χ4n) is 3.55. The summed E-state index contributed by atoms with van der Waals surface area (Å²) in [5.41, 5.74) is 0.853. The molecule has 1 saturated heterocycles. The van der Waals surface area contributed by atoms with Crippen molar-refractivity contribution in [3.63, 3.8) is 0 Å². The molecule has 0 saturated carbocycles. The van der Waals surface area contributed by atoms with E-state index in [0.29, 0.717) is 6.54 Å². The minimum Gasteiger partial charge on any atom is -0.478 e. The van der Waals surface area contributed by atoms with Gasteiger partial charge in [0.15, 0.2) is 5.82 Å². The van der Waals surface area contributed by atoms with Crippen LogP contribution >= 0.6 is 0 Å². The highest BCUT2D eigenvalue weighted by Gasteiger charge is 2.31. The van der Waals surface area contributed by atoms with Crippen molar-refractivity contribution in [3.8, 4) is 0 Å². The van der Waals surface area contributed by atoms with Gasteiger partial charge in [-0.15, -0.1) is 0 Å². The number of likely N-dealkylation sites (tertiary alicyclic amines) is 1. The highest BCUT2D eigenvalue weighted by molar-refractivity contribution is 5.98. The zero-order valence-electron chi connectivity index (χ0n) is 16.0. The molecule has 1 unspecified atom stereocenters. The minimum absolute atomic E-state index is 0.0137. The maximum Gasteiger partial charge on any atom is 0.415 e. The molecule has 0 radical (unpaired) electrons. The van der Waals surface area contributed by atoms with Gasteiger partial charge in [-0.1, -0.05) is 37.3 Å². The molecule has 1 N–H and O–H groups in total. The molecule has 28 heavy (non-hydrogen) atoms. The summed E-state index contributed by atoms with van der Waals surface area (Å²) >= 11 is 0. The summed E-state index contributed by atoms with van der Waals surface area (Å²) in [6.07, 6.45) is 2.91. The standard InChI is InChI=1S/C21H25N3O4/c1-2-23-13-7-10-17(23)14-24(19-18(20(25)26)11-6-12-22-19)21(27)28-15-16-8-4-3-5-9-16/h3-6,8-9,11-12,17H,2,7,10,13-15H2,1H3,(H,25,26). The maximum atomic E-state index is 12.9. The summed E-state index contributed by atoms with van der Waals surface area (Å²) in [5, 5.41) is 9.53. The van der Waals surface area contributed by atoms with Gasteiger partial charge in [-0.05, 0) is 43.6 Å². The monoisotopic (exact) mass is 383 g/mol. The third-order valence-electron chi connectivity index (χ3n) is 5.00. The highest BCUT2D eigenvalue weighted by atomic mass is 16.6. The molecule has 1 atom stereocenters. The fourth-order valence-corrected chi connectivity index (χ4v) is 3.55. The number of carboxylic acid groups (broad SMARTS) is 1. The molecule has 1 aliphatic heterocycles. The Bertz CT molecular complexity index is 812. The second kappa shape index (κ2) is 9.32. The normalized spacial score (nSPS) is 16.7. The van der Waals surface area contributed by atoms with Gasteiger partial charge in [0.1, 0.15) is 12.2 Å². The molecule has 0 aliphatic carbocycles. The Kier molecular flexibility index (Phi) is 6.60. The summed E-state index contributed by atoms with van der Waals surface area (Å²) in [5.74, 6) is -1.00. The van der Waals surface area contributed by atoms with E-state index in [-0.39, 0.29) is 24.0 Å². The smallest absolute Gasteiger partial charge is 0.415 e. The van der Waals surface area contributed by atoms with Crippen molar-refractivity contribution >= 4 is 17.9 Å². The van der Waals surface area contributed by atoms with Crippen LogP contribution in [0.5, 0.6) is 0 Å². The first-order chi connectivity index (χ1) is 13.6. The number of aromatic nitrogens is 1. The Labute approximate surface area is 164 Å². The molecule has 148 valence electrons. The van der Waals surface area contributed by atoms with Crippen molar-refractivity contribution in [1.82, 2.24) is 9.88 Å². The van der Waals surface area contributed by atoms with Crippen LogP contribution in [-0.4, -0.2) is 52.7 Å². The molecular formula is C21H25N3O4. The van der Waals surface area contributed by atoms with E-state index in [1.165, 1.54) is 17.2 Å². The predicted molar refractivity (Wildman–Crippen MR) is 105 cm³/mol. The number of hydrogen-bond acceptors (Lipinski definition) is 5. The number of likely N-dealkylation sites (N-methyl/N-ethyl adjacent to an activating group) is 1. The van der Waals surface area contributed by atoms with E-state index in [2.05, 4.69) is 16.8 Å². The first kappa shape index (κ1) is 19.8. The topological polar surface area (TPSA) is 83.0 Å². The molecule has 7 nitrogen and oxygen atoms in total. The zero-order valence-corrected chi connectivity index (χ0v) is 16.0. The van der Waals surface area contributed by atoms with Crippen molar-refractivity contribution in [2.45, 2.75) is 32.4 Å². The Morgan fingerprint density at radius 1 is 1.25 bits per heavy atom. The lowest BCUT2D eigenvalue weighted by Gasteiger charge is -2.29. The van der Waals surface area contributed by atoms with Gasteiger partial charge in [0.2, 0.25) is 0 Å². The number of hydrogen-bond donors (Lipinski definition) is 1. The average Bonchev–Trinajstić information content (AvgIpc) is 3.18. The van der Waals surface area contributed by atoms with Crippen molar-refractivity contribution in [3.05, 3.63) is 59.8 Å². The number of nitrogens with zero attached hydrogens (tertiary/aromatic N) is 3. The van der Waals surface area contributed by atoms with Gasteiger partial charge in [-0.3, -0.25) is 9.80 Å². The molecule has 1 aromatic carbocycles. The molecule has 7 heteroatoms. The second-order valence-electron chi connectivity index (χ2n) is 6.76. The number of pyridine rings is 1. The van der Waals surface area contributed by atoms with Crippen LogP contribution in [0.2, 0.25) is 0 Å². The van der Waals surface area contributed by atoms with Gasteiger partial charge in [0.25, 0.3) is 0 Å². The van der Waals surface area contributed by atoms with E-state index in [9.17, 15) is 14.7 Å². The number of rotatable bonds is 7. The number of anilines is 1. The van der Waals surface area contributed by atoms with Crippen LogP contribution < -0.4 is 4.90 Å². The lowest BCUT2D eigenvalue weighted by molar-refractivity contribution is 0.0697. The molecule has 2 heterocycles. The maximum absolute atomic E-state index is 12.9. The number of carbonyl (C=O) groups is 2. The van der Waals surface area contributed by atoms with Crippen LogP contribution in [0.1, 0.15) is 35.7 Å². The number of carboxylic acids is 1. The Morgan fingerprint density at radius 3 is 2.75 bits per heavy atom. The van der Waals surface area contributed by atoms with Gasteiger partial charge in [-0.2, -0.15) is 0 Å². The molecule has 1 aliphatic rings. The Hall–Kier alpha value is -2.93. The van der Waals surface area contributed by atoms with Gasteiger partial charge < -0.3 is 9.84 Å². The van der Waals surface area contributed by atoms with Crippen molar-refractivity contribution in [2.75, 3.05) is 24.5 Å². The van der Waals surface area contributed by atoms with E-state index in [1.807, 2.05) is 30.3 Å². The summed E-state index contributed by atoms with van der Waals surface area (Å²) in [4.78, 5) is 32.4. The van der Waals surface area contributed by atoms with Gasteiger partial charge in [0.05, 0.1) is 0 Å². The van der Waals surface area contributed by atoms with Crippen LogP contribution in [0.25, 0.3) is 0 Å². The molecule has 3 rings (SSSR count). The summed E-state index contributed by atoms with van der Waals surface area (Å²) in [6, 6.07) is 12.5. The van der Waals surface area contributed by atoms with Crippen molar-refractivity contribution in [1.29, 1.82) is 0 Å². The first-order valence-electron chi connectivity index (χ1n) is 9.50. The van der Waals surface area contributed by atoms with Crippen LogP contribution in [0.4, 0.5) is 10.6 Å². The van der Waals surface area contributed by atoms with E-state index in [0.717, 1.165) is 31.5 Å². The number of carbonyl (C=O) groups excluding carboxylic acids is 1. The van der Waals surface area contributed by atoms with Crippen LogP contribution in [0.15, 0.2) is 48.7 Å². The van der Waals surface area contributed by atoms with E-state index in [4.69, 9.17) is 4.74 Å². The number of benzene rings is 1. The summed E-state index contributed by atoms with van der Waals surface area (Å²) < 4.78 is 5.49. The van der Waals surface area contributed by atoms with Gasteiger partial charge in [-0.25, -0.2) is 14.6 Å². The number of amides is 1. The Balaban J connectivity index is 1.83. The largest absolute Gasteiger partial charge is 0.478 e. The lowest BCUT2D eigenvalue weighted by Crippen LogP contribution is -2.44. The Morgan fingerprint density at radius 2 is 2.04 bits per heavy atom. The van der Waals surface area contributed by atoms with Gasteiger partial charge >= 0.3 is 12.1 Å². The molecular weight excluding hydrogens is 358 g/mol. The molecule has 0 spiro atoms. The number of aromatic carboxylic acids is 1. The SMILES string of the molecule is CCN1CCCC1CN(C(=O)OCc1ccccc1)c1ncccc1C(=O)O. The molecule has 1 amide bonds. The van der Waals surface area contributed by atoms with Crippen molar-refractivity contribution < 1.29 is 19.4 Å². The van der Waals surface area contributed by atoms with Crippen LogP contribution in [0, 0.1) is 0 Å². The van der Waals surface area contributed by atoms with E-state index in [1.54, 1.807) is 6.07 Å². The predicted octanol–water partition coefficient (Wildman–Crippen LogP) is 3.41. The molecule has 2 aromatic rings. The van der Waals surface area contributed by atoms with Crippen LogP contribution in [0.3, 0.4) is 0 Å². The van der Waals surface area contributed by atoms with Crippen molar-refractivity contribution in [2.24, 2.45) is 0 Å². The van der Waals surface area contributed by atoms with Crippen LogP contribution in [-0.2, 0) is 11.3 Å². The minimum atomic E-state index is -1.12. The second-order valence-corrected chi connectivity index (χ2v) is 6.76. The molecule has 0 bridgehead atoms. The lowest BCUT2D eigenvalue weighted by atomic mass is 10.2.